The predicted molar refractivity (Wildman–Crippen MR) is 263 cm³/mol. The van der Waals surface area contributed by atoms with Gasteiger partial charge < -0.3 is 19.7 Å². The van der Waals surface area contributed by atoms with Gasteiger partial charge in [-0.1, -0.05) is 120 Å². The summed E-state index contributed by atoms with van der Waals surface area (Å²) in [6, 6.07) is 26.6. The quantitative estimate of drug-likeness (QED) is 0.0297. The van der Waals surface area contributed by atoms with Gasteiger partial charge in [-0.2, -0.15) is 0 Å². The number of nitrogens with zero attached hydrogens (tertiary/aromatic N) is 4. The third-order valence-corrected chi connectivity index (χ3v) is 12.0. The number of rotatable bonds is 27. The van der Waals surface area contributed by atoms with E-state index in [0.717, 1.165) is 42.3 Å². The molecule has 13 nitrogen and oxygen atoms in total. The van der Waals surface area contributed by atoms with Crippen LogP contribution in [0.2, 0.25) is 0 Å². The monoisotopic (exact) mass is 906 g/mol. The lowest BCUT2D eigenvalue weighted by Crippen LogP contribution is -2.34. The first-order valence-electron chi connectivity index (χ1n) is 23.0. The summed E-state index contributed by atoms with van der Waals surface area (Å²) in [6.45, 7) is 7.75. The number of hydrogen-bond donors (Lipinski definition) is 2. The zero-order valence-electron chi connectivity index (χ0n) is 38.7. The van der Waals surface area contributed by atoms with Gasteiger partial charge in [0.15, 0.2) is 11.5 Å². The molecule has 0 saturated carbocycles. The molecule has 0 unspecified atom stereocenters. The average Bonchev–Trinajstić information content (AvgIpc) is 3.29. The number of aryl methyl sites for hydroxylation is 1. The molecule has 5 aromatic rings. The van der Waals surface area contributed by atoms with Crippen LogP contribution in [0.15, 0.2) is 101 Å². The maximum atomic E-state index is 14.8. The molecule has 0 atom stereocenters. The fraction of sp³-hybridized carbons (Fsp3) is 0.431. The van der Waals surface area contributed by atoms with Gasteiger partial charge in [0.2, 0.25) is 10.0 Å². The molecule has 0 aliphatic rings. The number of ether oxygens (including phenoxy) is 2. The molecule has 0 saturated heterocycles. The second-order valence-electron chi connectivity index (χ2n) is 16.4. The number of carbonyl (C=O) groups is 2. The highest BCUT2D eigenvalue weighted by atomic mass is 32.2. The van der Waals surface area contributed by atoms with E-state index in [0.29, 0.717) is 42.0 Å². The van der Waals surface area contributed by atoms with Gasteiger partial charge in [0, 0.05) is 25.3 Å². The van der Waals surface area contributed by atoms with Crippen LogP contribution in [0.4, 0.5) is 17.1 Å². The van der Waals surface area contributed by atoms with Gasteiger partial charge in [-0.15, -0.1) is 0 Å². The van der Waals surface area contributed by atoms with Gasteiger partial charge in [-0.05, 0) is 79.9 Å². The summed E-state index contributed by atoms with van der Waals surface area (Å²) in [6.07, 6.45) is 15.6. The lowest BCUT2D eigenvalue weighted by molar-refractivity contribution is -0.110. The normalized spacial score (nSPS) is 11.7. The van der Waals surface area contributed by atoms with Gasteiger partial charge in [0.1, 0.15) is 5.75 Å². The molecule has 0 spiro atoms. The highest BCUT2D eigenvalue weighted by molar-refractivity contribution is 7.88. The van der Waals surface area contributed by atoms with Crippen molar-refractivity contribution < 1.29 is 27.5 Å². The van der Waals surface area contributed by atoms with Crippen LogP contribution < -0.4 is 25.2 Å². The zero-order chi connectivity index (χ0) is 46.6. The fourth-order valence-electron chi connectivity index (χ4n) is 7.69. The summed E-state index contributed by atoms with van der Waals surface area (Å²) in [4.78, 5) is 54.4. The number of carbonyl (C=O) groups excluding carboxylic acids is 2. The molecule has 0 aliphatic heterocycles. The summed E-state index contributed by atoms with van der Waals surface area (Å²) in [5.74, 6) is -0.872. The van der Waals surface area contributed by atoms with Crippen molar-refractivity contribution in [3.05, 3.63) is 124 Å². The Labute approximate surface area is 384 Å². The Morgan fingerprint density at radius 2 is 1.48 bits per heavy atom. The summed E-state index contributed by atoms with van der Waals surface area (Å²) in [7, 11) is -1.89. The molecule has 14 heteroatoms. The number of aliphatic imine (C=N–C) groups is 1. The molecule has 0 bridgehead atoms. The van der Waals surface area contributed by atoms with Crippen LogP contribution in [0.25, 0.3) is 10.9 Å². The maximum absolute atomic E-state index is 14.8. The Morgan fingerprint density at radius 1 is 0.815 bits per heavy atom. The third-order valence-electron chi connectivity index (χ3n) is 11.3. The van der Waals surface area contributed by atoms with Crippen molar-refractivity contribution in [1.29, 1.82) is 0 Å². The number of amides is 1. The predicted octanol–water partition coefficient (Wildman–Crippen LogP) is 9.75. The number of anilines is 2. The second kappa shape index (κ2) is 25.6. The standard InChI is InChI=1S/C51H66N6O7S/c1-6-8-9-10-11-12-13-14-15-16-17-23-34-64-51(60)40-28-31-46(63-4)45(36-40)55-49(58)47(53-43-30-29-41(35-38(43)3)56(7-2)33-32-52-65(5,61)62)48-54-44-27-22-21-26-42(44)50(59)57(48)37-39-24-19-18-20-25-39/h18-22,24-31,35-36,52H,6-17,23,32-34,37H2,1-5H3,(H,55,58). The number of para-hydroxylation sites is 1. The number of benzene rings is 4. The Balaban J connectivity index is 1.41. The van der Waals surface area contributed by atoms with Crippen LogP contribution in [0, 0.1) is 6.92 Å². The van der Waals surface area contributed by atoms with Crippen molar-refractivity contribution in [2.24, 2.45) is 4.99 Å². The first-order chi connectivity index (χ1) is 31.4. The summed E-state index contributed by atoms with van der Waals surface area (Å²) in [5, 5.41) is 3.31. The smallest absolute Gasteiger partial charge is 0.338 e. The second-order valence-corrected chi connectivity index (χ2v) is 18.2. The number of hydrogen-bond acceptors (Lipinski definition) is 10. The minimum atomic E-state index is -3.35. The minimum Gasteiger partial charge on any atom is -0.495 e. The summed E-state index contributed by atoms with van der Waals surface area (Å²) in [5.41, 5.74) is 3.15. The molecule has 1 heterocycles. The molecule has 1 amide bonds. The maximum Gasteiger partial charge on any atom is 0.338 e. The van der Waals surface area contributed by atoms with Crippen LogP contribution in [0.1, 0.15) is 118 Å². The molecule has 0 aliphatic carbocycles. The highest BCUT2D eigenvalue weighted by Gasteiger charge is 2.25. The van der Waals surface area contributed by atoms with Gasteiger partial charge in [-0.3, -0.25) is 14.2 Å². The third kappa shape index (κ3) is 15.4. The van der Waals surface area contributed by atoms with Gasteiger partial charge in [0.25, 0.3) is 11.5 Å². The van der Waals surface area contributed by atoms with Gasteiger partial charge in [-0.25, -0.2) is 27.9 Å². The summed E-state index contributed by atoms with van der Waals surface area (Å²) < 4.78 is 38.7. The fourth-order valence-corrected chi connectivity index (χ4v) is 8.15. The zero-order valence-corrected chi connectivity index (χ0v) is 39.6. The van der Waals surface area contributed by atoms with Crippen molar-refractivity contribution in [3.8, 4) is 5.75 Å². The molecule has 1 aromatic heterocycles. The number of esters is 1. The number of unbranched alkanes of at least 4 members (excludes halogenated alkanes) is 11. The van der Waals surface area contributed by atoms with E-state index < -0.39 is 21.9 Å². The minimum absolute atomic E-state index is 0.0394. The number of methoxy groups -OCH3 is 1. The Hall–Kier alpha value is -5.86. The Bertz CT molecular complexity index is 2540. The van der Waals surface area contributed by atoms with Crippen LogP contribution in [0.3, 0.4) is 0 Å². The molecular weight excluding hydrogens is 841 g/mol. The molecule has 5 rings (SSSR count). The number of fused-ring (bicyclic) bond motifs is 1. The lowest BCUT2D eigenvalue weighted by atomic mass is 10.1. The largest absolute Gasteiger partial charge is 0.495 e. The van der Waals surface area contributed by atoms with Crippen LogP contribution >= 0.6 is 0 Å². The molecule has 348 valence electrons. The van der Waals surface area contributed by atoms with E-state index >= 15 is 0 Å². The SMILES string of the molecule is CCCCCCCCCCCCCCOC(=O)c1ccc(OC)c(NC(=O)C(=Nc2ccc(N(CC)CCNS(C)(=O)=O)cc2C)c2nc3ccccc3c(=O)n2Cc2ccccc2)c1. The van der Waals surface area contributed by atoms with E-state index in [9.17, 15) is 22.8 Å². The number of aromatic nitrogens is 2. The van der Waals surface area contributed by atoms with Crippen LogP contribution in [0.5, 0.6) is 5.75 Å². The first-order valence-corrected chi connectivity index (χ1v) is 24.9. The van der Waals surface area contributed by atoms with Crippen LogP contribution in [-0.2, 0) is 26.1 Å². The van der Waals surface area contributed by atoms with E-state index in [2.05, 4.69) is 17.0 Å². The Morgan fingerprint density at radius 3 is 2.12 bits per heavy atom. The van der Waals surface area contributed by atoms with E-state index in [-0.39, 0.29) is 41.4 Å². The van der Waals surface area contributed by atoms with E-state index in [1.54, 1.807) is 42.5 Å². The van der Waals surface area contributed by atoms with Crippen molar-refractivity contribution in [2.45, 2.75) is 104 Å². The van der Waals surface area contributed by atoms with Crippen molar-refractivity contribution in [1.82, 2.24) is 14.3 Å². The molecule has 4 aromatic carbocycles. The average molecular weight is 907 g/mol. The lowest BCUT2D eigenvalue weighted by Gasteiger charge is -2.24. The van der Waals surface area contributed by atoms with Gasteiger partial charge >= 0.3 is 5.97 Å². The molecule has 0 fully saturated rings. The summed E-state index contributed by atoms with van der Waals surface area (Å²) >= 11 is 0. The van der Waals surface area contributed by atoms with E-state index in [4.69, 9.17) is 19.5 Å². The number of sulfonamides is 1. The van der Waals surface area contributed by atoms with E-state index in [1.807, 2.05) is 61.2 Å². The van der Waals surface area contributed by atoms with Crippen LogP contribution in [-0.4, -0.2) is 75.2 Å². The highest BCUT2D eigenvalue weighted by Crippen LogP contribution is 2.29. The topological polar surface area (TPSA) is 161 Å². The molecule has 0 radical (unpaired) electrons. The Kier molecular flexibility index (Phi) is 19.7. The first kappa shape index (κ1) is 50.1. The molecular formula is C51H66N6O7S. The van der Waals surface area contributed by atoms with Crippen molar-refractivity contribution in [2.75, 3.05) is 49.8 Å². The van der Waals surface area contributed by atoms with E-state index in [1.165, 1.54) is 75.5 Å². The van der Waals surface area contributed by atoms with Crippen molar-refractivity contribution >= 4 is 55.6 Å². The number of nitrogens with one attached hydrogen (secondary N) is 2. The molecule has 65 heavy (non-hydrogen) atoms. The van der Waals surface area contributed by atoms with Gasteiger partial charge in [0.05, 0.1) is 54.4 Å². The molecule has 2 N–H and O–H groups in total. The number of likely N-dealkylation sites (N-methyl/N-ethyl adjacent to an activating group) is 1. The van der Waals surface area contributed by atoms with Crippen molar-refractivity contribution in [3.63, 3.8) is 0 Å².